The molecule has 3 aromatic carbocycles. The van der Waals surface area contributed by atoms with Gasteiger partial charge < -0.3 is 18.8 Å². The molecule has 1 amide bonds. The van der Waals surface area contributed by atoms with Gasteiger partial charge in [0.1, 0.15) is 5.58 Å². The second-order valence-electron chi connectivity index (χ2n) is 10.4. The number of carbonyl (C=O) groups excluding carboxylic acids is 1. The maximum absolute atomic E-state index is 14.0. The van der Waals surface area contributed by atoms with Gasteiger partial charge in [-0.25, -0.2) is 0 Å². The Morgan fingerprint density at radius 2 is 1.75 bits per heavy atom. The maximum atomic E-state index is 14.0. The van der Waals surface area contributed by atoms with Crippen LogP contribution in [0, 0.1) is 12.8 Å². The molecule has 0 spiro atoms. The van der Waals surface area contributed by atoms with Gasteiger partial charge >= 0.3 is 0 Å². The fourth-order valence-corrected chi connectivity index (χ4v) is 5.31. The molecule has 0 aliphatic carbocycles. The first-order valence-corrected chi connectivity index (χ1v) is 14.2. The van der Waals surface area contributed by atoms with E-state index in [0.717, 1.165) is 17.5 Å². The van der Waals surface area contributed by atoms with Gasteiger partial charge in [-0.15, -0.1) is 0 Å². The van der Waals surface area contributed by atoms with Crippen LogP contribution in [0.15, 0.2) is 63.8 Å². The monoisotopic (exact) mass is 579 g/mol. The van der Waals surface area contributed by atoms with Crippen molar-refractivity contribution in [2.45, 2.75) is 46.7 Å². The Balaban J connectivity index is 1.67. The Hall–Kier alpha value is -3.48. The Kier molecular flexibility index (Phi) is 8.11. The van der Waals surface area contributed by atoms with Crippen LogP contribution in [-0.2, 0) is 6.54 Å². The standard InChI is InChI=1S/C32H31Cl2NO5/c1-5-38-27-15-20(10-11-25(27)39-13-12-18(2)3)29-28-30(36)22-16-24(34)19(4)14-26(22)40-31(28)32(37)35(29)17-21-8-6-7-9-23(21)33/h6-11,14-16,18,29H,5,12-13,17H2,1-4H3. The van der Waals surface area contributed by atoms with Crippen LogP contribution in [0.1, 0.15) is 66.0 Å². The molecule has 4 aromatic rings. The first-order valence-electron chi connectivity index (χ1n) is 13.4. The van der Waals surface area contributed by atoms with Crippen molar-refractivity contribution in [2.75, 3.05) is 13.2 Å². The average Bonchev–Trinajstić information content (AvgIpc) is 3.19. The summed E-state index contributed by atoms with van der Waals surface area (Å²) in [7, 11) is 0. The van der Waals surface area contributed by atoms with Gasteiger partial charge in [0.25, 0.3) is 5.91 Å². The molecule has 5 rings (SSSR count). The zero-order valence-corrected chi connectivity index (χ0v) is 24.4. The van der Waals surface area contributed by atoms with Crippen molar-refractivity contribution in [3.63, 3.8) is 0 Å². The lowest BCUT2D eigenvalue weighted by Crippen LogP contribution is -2.29. The summed E-state index contributed by atoms with van der Waals surface area (Å²) in [5.41, 5.74) is 2.49. The minimum atomic E-state index is -0.733. The number of carbonyl (C=O) groups is 1. The first-order chi connectivity index (χ1) is 19.2. The fraction of sp³-hybridized carbons (Fsp3) is 0.312. The second kappa shape index (κ2) is 11.6. The van der Waals surface area contributed by atoms with Gasteiger partial charge in [0.15, 0.2) is 16.9 Å². The van der Waals surface area contributed by atoms with Gasteiger partial charge in [0.05, 0.1) is 30.2 Å². The molecule has 1 atom stereocenters. The average molecular weight is 581 g/mol. The van der Waals surface area contributed by atoms with Crippen molar-refractivity contribution in [3.8, 4) is 11.5 Å². The highest BCUT2D eigenvalue weighted by molar-refractivity contribution is 6.32. The van der Waals surface area contributed by atoms with Gasteiger partial charge in [-0.05, 0) is 73.2 Å². The number of aryl methyl sites for hydroxylation is 1. The minimum absolute atomic E-state index is 0.0199. The van der Waals surface area contributed by atoms with Crippen LogP contribution in [0.3, 0.4) is 0 Å². The van der Waals surface area contributed by atoms with E-state index in [9.17, 15) is 9.59 Å². The molecular formula is C32H31Cl2NO5. The van der Waals surface area contributed by atoms with Crippen LogP contribution in [0.5, 0.6) is 11.5 Å². The predicted octanol–water partition coefficient (Wildman–Crippen LogP) is 7.98. The number of hydrogen-bond donors (Lipinski definition) is 0. The lowest BCUT2D eigenvalue weighted by atomic mass is 9.97. The molecule has 0 saturated carbocycles. The molecule has 0 saturated heterocycles. The summed E-state index contributed by atoms with van der Waals surface area (Å²) in [6, 6.07) is 15.4. The molecule has 0 radical (unpaired) electrons. The number of benzene rings is 3. The molecule has 1 aliphatic rings. The summed E-state index contributed by atoms with van der Waals surface area (Å²) in [4.78, 5) is 29.5. The number of fused-ring (bicyclic) bond motifs is 2. The van der Waals surface area contributed by atoms with Crippen LogP contribution in [0.25, 0.3) is 11.0 Å². The van der Waals surface area contributed by atoms with E-state index in [1.807, 2.05) is 50.2 Å². The molecule has 208 valence electrons. The highest BCUT2D eigenvalue weighted by atomic mass is 35.5. The van der Waals surface area contributed by atoms with Crippen molar-refractivity contribution >= 4 is 40.1 Å². The van der Waals surface area contributed by atoms with E-state index >= 15 is 0 Å². The third kappa shape index (κ3) is 5.30. The summed E-state index contributed by atoms with van der Waals surface area (Å²) >= 11 is 12.9. The van der Waals surface area contributed by atoms with Gasteiger partial charge in [-0.2, -0.15) is 0 Å². The Morgan fingerprint density at radius 1 is 0.975 bits per heavy atom. The third-order valence-electron chi connectivity index (χ3n) is 7.08. The minimum Gasteiger partial charge on any atom is -0.490 e. The SMILES string of the molecule is CCOc1cc(C2c3c(oc4cc(C)c(Cl)cc4c3=O)C(=O)N2Cc2ccccc2Cl)ccc1OCCC(C)C. The Labute approximate surface area is 243 Å². The topological polar surface area (TPSA) is 69.0 Å². The smallest absolute Gasteiger partial charge is 0.291 e. The van der Waals surface area contributed by atoms with E-state index in [2.05, 4.69) is 13.8 Å². The number of ether oxygens (including phenoxy) is 2. The zero-order valence-electron chi connectivity index (χ0n) is 22.9. The first kappa shape index (κ1) is 28.1. The van der Waals surface area contributed by atoms with E-state index in [1.165, 1.54) is 0 Å². The summed E-state index contributed by atoms with van der Waals surface area (Å²) in [6.07, 6.45) is 0.902. The van der Waals surface area contributed by atoms with E-state index < -0.39 is 6.04 Å². The second-order valence-corrected chi connectivity index (χ2v) is 11.2. The summed E-state index contributed by atoms with van der Waals surface area (Å²) in [5, 5.41) is 1.31. The molecule has 1 aliphatic heterocycles. The lowest BCUT2D eigenvalue weighted by Gasteiger charge is -2.26. The van der Waals surface area contributed by atoms with Crippen molar-refractivity contribution in [1.29, 1.82) is 0 Å². The van der Waals surface area contributed by atoms with Crippen LogP contribution >= 0.6 is 23.2 Å². The highest BCUT2D eigenvalue weighted by Gasteiger charge is 2.43. The number of hydrogen-bond acceptors (Lipinski definition) is 5. The van der Waals surface area contributed by atoms with E-state index in [0.29, 0.717) is 57.2 Å². The third-order valence-corrected chi connectivity index (χ3v) is 7.86. The molecular weight excluding hydrogens is 549 g/mol. The predicted molar refractivity (Wildman–Crippen MR) is 158 cm³/mol. The van der Waals surface area contributed by atoms with Crippen LogP contribution in [0.4, 0.5) is 0 Å². The van der Waals surface area contributed by atoms with Crippen molar-refractivity contribution in [3.05, 3.63) is 103 Å². The van der Waals surface area contributed by atoms with Crippen LogP contribution in [-0.4, -0.2) is 24.0 Å². The van der Waals surface area contributed by atoms with Gasteiger partial charge in [-0.1, -0.05) is 61.3 Å². The molecule has 2 heterocycles. The molecule has 1 unspecified atom stereocenters. The number of halogens is 2. The van der Waals surface area contributed by atoms with Crippen LogP contribution in [0.2, 0.25) is 10.0 Å². The quantitative estimate of drug-likeness (QED) is 0.201. The van der Waals surface area contributed by atoms with Crippen LogP contribution < -0.4 is 14.9 Å². The molecule has 1 aromatic heterocycles. The Bertz CT molecular complexity index is 1640. The fourth-order valence-electron chi connectivity index (χ4n) is 4.95. The number of nitrogens with zero attached hydrogens (tertiary/aromatic N) is 1. The maximum Gasteiger partial charge on any atom is 0.291 e. The summed E-state index contributed by atoms with van der Waals surface area (Å²) in [5.74, 6) is 1.29. The normalized spacial score (nSPS) is 14.7. The molecule has 0 bridgehead atoms. The number of rotatable bonds is 9. The molecule has 0 fully saturated rings. The molecule has 8 heteroatoms. The highest BCUT2D eigenvalue weighted by Crippen LogP contribution is 2.42. The Morgan fingerprint density at radius 3 is 2.48 bits per heavy atom. The molecule has 6 nitrogen and oxygen atoms in total. The van der Waals surface area contributed by atoms with Gasteiger partial charge in [0.2, 0.25) is 5.76 Å². The van der Waals surface area contributed by atoms with Gasteiger partial charge in [0, 0.05) is 16.6 Å². The molecule has 0 N–H and O–H groups in total. The molecule has 40 heavy (non-hydrogen) atoms. The van der Waals surface area contributed by atoms with Crippen molar-refractivity contribution < 1.29 is 18.7 Å². The van der Waals surface area contributed by atoms with E-state index in [-0.39, 0.29) is 29.2 Å². The van der Waals surface area contributed by atoms with Gasteiger partial charge in [-0.3, -0.25) is 9.59 Å². The lowest BCUT2D eigenvalue weighted by molar-refractivity contribution is 0.0714. The number of amides is 1. The van der Waals surface area contributed by atoms with E-state index in [1.54, 1.807) is 23.1 Å². The van der Waals surface area contributed by atoms with E-state index in [4.69, 9.17) is 37.1 Å². The summed E-state index contributed by atoms with van der Waals surface area (Å²) < 4.78 is 18.1. The zero-order chi connectivity index (χ0) is 28.6. The van der Waals surface area contributed by atoms with Crippen molar-refractivity contribution in [2.24, 2.45) is 5.92 Å². The summed E-state index contributed by atoms with van der Waals surface area (Å²) in [6.45, 7) is 9.16. The largest absolute Gasteiger partial charge is 0.490 e. The van der Waals surface area contributed by atoms with Crippen molar-refractivity contribution in [1.82, 2.24) is 4.90 Å².